The van der Waals surface area contributed by atoms with E-state index in [1.54, 1.807) is 29.8 Å². The van der Waals surface area contributed by atoms with Crippen LogP contribution in [0.5, 0.6) is 0 Å². The standard InChI is InChI=1S/C11H9N3S.C8H7ClO/c1-13-11-9(7-12)6-10(15-11)8-2-4-14-5-3-8;9-8-4-2-1-3-7(8)5-6-10/h2-6,13H,1H3;1-4,6H,5H2. The number of thiophene rings is 1. The molecule has 3 aromatic rings. The van der Waals surface area contributed by atoms with Crippen LogP contribution in [0.25, 0.3) is 10.4 Å². The molecule has 0 unspecified atom stereocenters. The molecule has 6 heteroatoms. The topological polar surface area (TPSA) is 65.8 Å². The third-order valence-electron chi connectivity index (χ3n) is 3.31. The number of aromatic nitrogens is 1. The van der Waals surface area contributed by atoms with Gasteiger partial charge in [0.25, 0.3) is 0 Å². The van der Waals surface area contributed by atoms with Gasteiger partial charge in [-0.1, -0.05) is 29.8 Å². The molecule has 0 saturated carbocycles. The third kappa shape index (κ3) is 5.15. The number of nitriles is 1. The first kappa shape index (κ1) is 18.7. The van der Waals surface area contributed by atoms with Crippen LogP contribution in [0.2, 0.25) is 5.02 Å². The minimum Gasteiger partial charge on any atom is -0.379 e. The van der Waals surface area contributed by atoms with E-state index in [9.17, 15) is 4.79 Å². The summed E-state index contributed by atoms with van der Waals surface area (Å²) in [6, 6.07) is 15.3. The van der Waals surface area contributed by atoms with Gasteiger partial charge in [0.2, 0.25) is 0 Å². The SMILES string of the molecule is CNc1sc(-c2ccncc2)cc1C#N.O=CCc1ccccc1Cl. The van der Waals surface area contributed by atoms with E-state index in [0.717, 1.165) is 27.3 Å². The molecule has 2 aromatic heterocycles. The van der Waals surface area contributed by atoms with Crippen LogP contribution in [0.15, 0.2) is 54.9 Å². The first-order valence-corrected chi connectivity index (χ1v) is 8.68. The highest BCUT2D eigenvalue weighted by Crippen LogP contribution is 2.34. The Bertz CT molecular complexity index is 872. The molecule has 2 heterocycles. The first-order chi connectivity index (χ1) is 12.2. The van der Waals surface area contributed by atoms with E-state index in [1.165, 1.54) is 0 Å². The number of hydrogen-bond acceptors (Lipinski definition) is 5. The van der Waals surface area contributed by atoms with Crippen molar-refractivity contribution in [1.82, 2.24) is 4.98 Å². The van der Waals surface area contributed by atoms with Gasteiger partial charge in [0.05, 0.1) is 5.56 Å². The molecular formula is C19H16ClN3OS. The molecule has 0 spiro atoms. The van der Waals surface area contributed by atoms with Crippen molar-refractivity contribution in [3.05, 3.63) is 71.0 Å². The van der Waals surface area contributed by atoms with Crippen LogP contribution in [0, 0.1) is 11.3 Å². The molecule has 0 aliphatic carbocycles. The number of anilines is 1. The third-order valence-corrected chi connectivity index (χ3v) is 4.88. The van der Waals surface area contributed by atoms with Crippen molar-refractivity contribution in [3.8, 4) is 16.5 Å². The van der Waals surface area contributed by atoms with E-state index >= 15 is 0 Å². The van der Waals surface area contributed by atoms with Crippen LogP contribution in [0.3, 0.4) is 0 Å². The molecule has 126 valence electrons. The van der Waals surface area contributed by atoms with E-state index in [2.05, 4.69) is 16.4 Å². The molecular weight excluding hydrogens is 354 g/mol. The number of benzene rings is 1. The minimum absolute atomic E-state index is 0.402. The Kier molecular flexibility index (Phi) is 7.15. The number of pyridine rings is 1. The lowest BCUT2D eigenvalue weighted by Gasteiger charge is -1.95. The van der Waals surface area contributed by atoms with Crippen molar-refractivity contribution >= 4 is 34.2 Å². The number of nitrogens with one attached hydrogen (secondary N) is 1. The number of aldehydes is 1. The summed E-state index contributed by atoms with van der Waals surface area (Å²) in [6.07, 6.45) is 4.75. The van der Waals surface area contributed by atoms with Crippen LogP contribution < -0.4 is 5.32 Å². The minimum atomic E-state index is 0.402. The van der Waals surface area contributed by atoms with E-state index < -0.39 is 0 Å². The molecule has 0 saturated heterocycles. The zero-order valence-electron chi connectivity index (χ0n) is 13.6. The van der Waals surface area contributed by atoms with Crippen LogP contribution in [0.1, 0.15) is 11.1 Å². The van der Waals surface area contributed by atoms with Crippen LogP contribution in [-0.4, -0.2) is 18.3 Å². The summed E-state index contributed by atoms with van der Waals surface area (Å²) in [4.78, 5) is 15.1. The van der Waals surface area contributed by atoms with Crippen LogP contribution in [-0.2, 0) is 11.2 Å². The second kappa shape index (κ2) is 9.58. The summed E-state index contributed by atoms with van der Waals surface area (Å²) in [5.41, 5.74) is 2.67. The monoisotopic (exact) mass is 369 g/mol. The maximum atomic E-state index is 10.1. The van der Waals surface area contributed by atoms with Crippen molar-refractivity contribution in [1.29, 1.82) is 5.26 Å². The molecule has 0 aliphatic rings. The molecule has 3 rings (SSSR count). The Balaban J connectivity index is 0.000000196. The molecule has 1 N–H and O–H groups in total. The van der Waals surface area contributed by atoms with Crippen LogP contribution >= 0.6 is 22.9 Å². The summed E-state index contributed by atoms with van der Waals surface area (Å²) in [5.74, 6) is 0. The number of hydrogen-bond donors (Lipinski definition) is 1. The van der Waals surface area contributed by atoms with Crippen molar-refractivity contribution in [3.63, 3.8) is 0 Å². The predicted octanol–water partition coefficient (Wildman–Crippen LogP) is 4.80. The van der Waals surface area contributed by atoms with E-state index in [0.29, 0.717) is 17.0 Å². The van der Waals surface area contributed by atoms with Gasteiger partial charge in [0, 0.05) is 35.8 Å². The Morgan fingerprint density at radius 1 is 1.28 bits per heavy atom. The summed E-state index contributed by atoms with van der Waals surface area (Å²) in [6.45, 7) is 0. The highest BCUT2D eigenvalue weighted by atomic mass is 35.5. The second-order valence-electron chi connectivity index (χ2n) is 4.91. The lowest BCUT2D eigenvalue weighted by atomic mass is 10.2. The number of nitrogens with zero attached hydrogens (tertiary/aromatic N) is 2. The highest BCUT2D eigenvalue weighted by Gasteiger charge is 2.08. The molecule has 0 amide bonds. The van der Waals surface area contributed by atoms with Gasteiger partial charge in [-0.25, -0.2) is 0 Å². The van der Waals surface area contributed by atoms with E-state index in [1.807, 2.05) is 43.4 Å². The predicted molar refractivity (Wildman–Crippen MR) is 103 cm³/mol. The molecule has 0 fully saturated rings. The quantitative estimate of drug-likeness (QED) is 0.670. The van der Waals surface area contributed by atoms with Crippen molar-refractivity contribution in [2.75, 3.05) is 12.4 Å². The lowest BCUT2D eigenvalue weighted by molar-refractivity contribution is -0.107. The fourth-order valence-corrected chi connectivity index (χ4v) is 3.25. The molecule has 0 bridgehead atoms. The van der Waals surface area contributed by atoms with Gasteiger partial charge in [0.1, 0.15) is 17.4 Å². The fourth-order valence-electron chi connectivity index (χ4n) is 2.07. The van der Waals surface area contributed by atoms with Crippen molar-refractivity contribution in [2.45, 2.75) is 6.42 Å². The fraction of sp³-hybridized carbons (Fsp3) is 0.105. The number of rotatable bonds is 4. The molecule has 0 aliphatic heterocycles. The summed E-state index contributed by atoms with van der Waals surface area (Å²) < 4.78 is 0. The second-order valence-corrected chi connectivity index (χ2v) is 6.37. The van der Waals surface area contributed by atoms with Gasteiger partial charge < -0.3 is 10.1 Å². The average Bonchev–Trinajstić information content (AvgIpc) is 3.09. The highest BCUT2D eigenvalue weighted by molar-refractivity contribution is 7.19. The number of carbonyl (C=O) groups excluding carboxylic acids is 1. The number of carbonyl (C=O) groups is 1. The zero-order chi connectivity index (χ0) is 18.1. The maximum absolute atomic E-state index is 10.1. The summed E-state index contributed by atoms with van der Waals surface area (Å²) in [7, 11) is 1.82. The zero-order valence-corrected chi connectivity index (χ0v) is 15.1. The van der Waals surface area contributed by atoms with Gasteiger partial charge in [-0.3, -0.25) is 4.98 Å². The van der Waals surface area contributed by atoms with Gasteiger partial charge in [0.15, 0.2) is 0 Å². The Morgan fingerprint density at radius 2 is 2.00 bits per heavy atom. The molecule has 0 radical (unpaired) electrons. The van der Waals surface area contributed by atoms with Crippen LogP contribution in [0.4, 0.5) is 5.00 Å². The van der Waals surface area contributed by atoms with E-state index in [-0.39, 0.29) is 0 Å². The van der Waals surface area contributed by atoms with Gasteiger partial charge in [-0.05, 0) is 35.4 Å². The lowest BCUT2D eigenvalue weighted by Crippen LogP contribution is -1.85. The normalized spacial score (nSPS) is 9.48. The smallest absolute Gasteiger partial charge is 0.124 e. The summed E-state index contributed by atoms with van der Waals surface area (Å²) in [5, 5.41) is 13.5. The molecule has 0 atom stereocenters. The molecule has 4 nitrogen and oxygen atoms in total. The van der Waals surface area contributed by atoms with Crippen molar-refractivity contribution in [2.24, 2.45) is 0 Å². The van der Waals surface area contributed by atoms with Crippen molar-refractivity contribution < 1.29 is 4.79 Å². The van der Waals surface area contributed by atoms with E-state index in [4.69, 9.17) is 16.9 Å². The Labute approximate surface area is 155 Å². The van der Waals surface area contributed by atoms with Gasteiger partial charge in [-0.2, -0.15) is 5.26 Å². The largest absolute Gasteiger partial charge is 0.379 e. The Hall–Kier alpha value is -2.68. The van der Waals surface area contributed by atoms with Gasteiger partial charge in [-0.15, -0.1) is 11.3 Å². The number of halogens is 1. The summed E-state index contributed by atoms with van der Waals surface area (Å²) >= 11 is 7.32. The molecule has 1 aromatic carbocycles. The average molecular weight is 370 g/mol. The first-order valence-electron chi connectivity index (χ1n) is 7.48. The molecule has 25 heavy (non-hydrogen) atoms. The van der Waals surface area contributed by atoms with Gasteiger partial charge >= 0.3 is 0 Å². The Morgan fingerprint density at radius 3 is 2.56 bits per heavy atom. The maximum Gasteiger partial charge on any atom is 0.124 e.